The van der Waals surface area contributed by atoms with Crippen LogP contribution in [0.2, 0.25) is 0 Å². The SMILES string of the molecule is Cc1noc(C)c1CN1C[C@@H]2OCCC(=O)N(C)[C@H]2C1. The highest BCUT2D eigenvalue weighted by Gasteiger charge is 2.39. The molecule has 1 amide bonds. The lowest BCUT2D eigenvalue weighted by atomic mass is 10.2. The molecule has 20 heavy (non-hydrogen) atoms. The molecule has 3 heterocycles. The number of likely N-dealkylation sites (N-methyl/N-ethyl adjacent to an activating group) is 1. The van der Waals surface area contributed by atoms with Crippen molar-refractivity contribution in [3.05, 3.63) is 17.0 Å². The zero-order chi connectivity index (χ0) is 14.3. The molecule has 0 spiro atoms. The Bertz CT molecular complexity index is 494. The van der Waals surface area contributed by atoms with Crippen LogP contribution in [0.4, 0.5) is 0 Å². The quantitative estimate of drug-likeness (QED) is 0.798. The van der Waals surface area contributed by atoms with Crippen molar-refractivity contribution in [2.24, 2.45) is 0 Å². The lowest BCUT2D eigenvalue weighted by molar-refractivity contribution is -0.131. The number of fused-ring (bicyclic) bond motifs is 1. The van der Waals surface area contributed by atoms with Crippen LogP contribution in [0.5, 0.6) is 0 Å². The average molecular weight is 279 g/mol. The summed E-state index contributed by atoms with van der Waals surface area (Å²) in [5.41, 5.74) is 2.09. The third-order valence-electron chi connectivity index (χ3n) is 4.41. The van der Waals surface area contributed by atoms with Gasteiger partial charge in [-0.3, -0.25) is 9.69 Å². The molecule has 0 aliphatic carbocycles. The molecular formula is C14H21N3O3. The van der Waals surface area contributed by atoms with Crippen molar-refractivity contribution in [3.63, 3.8) is 0 Å². The Labute approximate surface area is 118 Å². The predicted molar refractivity (Wildman–Crippen MR) is 72.2 cm³/mol. The number of nitrogens with zero attached hydrogens (tertiary/aromatic N) is 3. The van der Waals surface area contributed by atoms with Gasteiger partial charge in [-0.2, -0.15) is 0 Å². The Morgan fingerprint density at radius 1 is 1.35 bits per heavy atom. The molecule has 0 bridgehead atoms. The van der Waals surface area contributed by atoms with Crippen LogP contribution in [0.1, 0.15) is 23.4 Å². The molecule has 2 atom stereocenters. The fourth-order valence-corrected chi connectivity index (χ4v) is 3.11. The molecule has 0 N–H and O–H groups in total. The van der Waals surface area contributed by atoms with E-state index in [1.807, 2.05) is 25.8 Å². The second-order valence-electron chi connectivity index (χ2n) is 5.73. The minimum absolute atomic E-state index is 0.118. The number of hydrogen-bond donors (Lipinski definition) is 0. The maximum absolute atomic E-state index is 11.9. The number of ether oxygens (including phenoxy) is 1. The monoisotopic (exact) mass is 279 g/mol. The van der Waals surface area contributed by atoms with Gasteiger partial charge in [0, 0.05) is 32.2 Å². The van der Waals surface area contributed by atoms with Crippen LogP contribution >= 0.6 is 0 Å². The zero-order valence-corrected chi connectivity index (χ0v) is 12.3. The highest BCUT2D eigenvalue weighted by molar-refractivity contribution is 5.76. The molecule has 6 heteroatoms. The molecule has 0 aromatic carbocycles. The minimum atomic E-state index is 0.118. The Balaban J connectivity index is 1.71. The molecule has 3 rings (SSSR count). The first kappa shape index (κ1) is 13.6. The third kappa shape index (κ3) is 2.33. The van der Waals surface area contributed by atoms with Crippen molar-refractivity contribution >= 4 is 5.91 Å². The summed E-state index contributed by atoms with van der Waals surface area (Å²) in [6.07, 6.45) is 0.611. The maximum atomic E-state index is 11.9. The second-order valence-corrected chi connectivity index (χ2v) is 5.73. The Hall–Kier alpha value is -1.40. The summed E-state index contributed by atoms with van der Waals surface area (Å²) in [5.74, 6) is 1.05. The number of aromatic nitrogens is 1. The molecular weight excluding hydrogens is 258 g/mol. The van der Waals surface area contributed by atoms with Crippen molar-refractivity contribution in [3.8, 4) is 0 Å². The van der Waals surface area contributed by atoms with Crippen molar-refractivity contribution in [1.82, 2.24) is 15.0 Å². The van der Waals surface area contributed by atoms with Crippen molar-refractivity contribution in [1.29, 1.82) is 0 Å². The van der Waals surface area contributed by atoms with E-state index >= 15 is 0 Å². The minimum Gasteiger partial charge on any atom is -0.374 e. The van der Waals surface area contributed by atoms with Crippen molar-refractivity contribution in [2.45, 2.75) is 39.0 Å². The smallest absolute Gasteiger partial charge is 0.225 e. The maximum Gasteiger partial charge on any atom is 0.225 e. The fourth-order valence-electron chi connectivity index (χ4n) is 3.11. The number of likely N-dealkylation sites (tertiary alicyclic amines) is 1. The number of carbonyl (C=O) groups excluding carboxylic acids is 1. The molecule has 2 aliphatic rings. The molecule has 1 aromatic rings. The van der Waals surface area contributed by atoms with Crippen LogP contribution < -0.4 is 0 Å². The van der Waals surface area contributed by atoms with Gasteiger partial charge in [0.15, 0.2) is 0 Å². The second kappa shape index (κ2) is 5.18. The standard InChI is InChI=1S/C14H21N3O3/c1-9-11(10(2)20-15-9)6-17-7-12-13(8-17)19-5-4-14(18)16(12)3/h12-13H,4-8H2,1-3H3/t12-,13-/m0/s1. The average Bonchev–Trinajstić information content (AvgIpc) is 2.92. The number of carbonyl (C=O) groups is 1. The molecule has 0 radical (unpaired) electrons. The molecule has 110 valence electrons. The summed E-state index contributed by atoms with van der Waals surface area (Å²) < 4.78 is 11.0. The van der Waals surface area contributed by atoms with Gasteiger partial charge >= 0.3 is 0 Å². The van der Waals surface area contributed by atoms with Gasteiger partial charge < -0.3 is 14.2 Å². The Kier molecular flexibility index (Phi) is 3.52. The third-order valence-corrected chi connectivity index (χ3v) is 4.41. The topological polar surface area (TPSA) is 58.8 Å². The largest absolute Gasteiger partial charge is 0.374 e. The van der Waals surface area contributed by atoms with Crippen LogP contribution in [-0.2, 0) is 16.1 Å². The van der Waals surface area contributed by atoms with Crippen LogP contribution in [-0.4, -0.2) is 59.8 Å². The first-order valence-corrected chi connectivity index (χ1v) is 7.07. The summed E-state index contributed by atoms with van der Waals surface area (Å²) in [5, 5.41) is 3.99. The van der Waals surface area contributed by atoms with Crippen LogP contribution in [0, 0.1) is 13.8 Å². The van der Waals surface area contributed by atoms with E-state index in [9.17, 15) is 4.79 Å². The molecule has 0 saturated carbocycles. The highest BCUT2D eigenvalue weighted by Crippen LogP contribution is 2.25. The summed E-state index contributed by atoms with van der Waals surface area (Å²) in [4.78, 5) is 16.1. The van der Waals surface area contributed by atoms with Gasteiger partial charge in [-0.15, -0.1) is 0 Å². The van der Waals surface area contributed by atoms with Crippen LogP contribution in [0.25, 0.3) is 0 Å². The van der Waals surface area contributed by atoms with Crippen LogP contribution in [0.3, 0.4) is 0 Å². The van der Waals surface area contributed by atoms with Crippen LogP contribution in [0.15, 0.2) is 4.52 Å². The van der Waals surface area contributed by atoms with Gasteiger partial charge in [0.25, 0.3) is 0 Å². The van der Waals surface area contributed by atoms with Gasteiger partial charge in [-0.25, -0.2) is 0 Å². The van der Waals surface area contributed by atoms with E-state index in [0.717, 1.165) is 36.7 Å². The Morgan fingerprint density at radius 3 is 2.85 bits per heavy atom. The van der Waals surface area contributed by atoms with Gasteiger partial charge in [-0.05, 0) is 13.8 Å². The van der Waals surface area contributed by atoms with Gasteiger partial charge in [0.2, 0.25) is 5.91 Å². The van der Waals surface area contributed by atoms with E-state index in [2.05, 4.69) is 10.1 Å². The van der Waals surface area contributed by atoms with E-state index in [1.54, 1.807) is 0 Å². The fraction of sp³-hybridized carbons (Fsp3) is 0.714. The van der Waals surface area contributed by atoms with Gasteiger partial charge in [0.05, 0.1) is 30.9 Å². The van der Waals surface area contributed by atoms with E-state index in [4.69, 9.17) is 9.26 Å². The molecule has 2 aliphatic heterocycles. The van der Waals surface area contributed by atoms with E-state index in [-0.39, 0.29) is 18.1 Å². The van der Waals surface area contributed by atoms with Gasteiger partial charge in [0.1, 0.15) is 5.76 Å². The van der Waals surface area contributed by atoms with Gasteiger partial charge in [-0.1, -0.05) is 5.16 Å². The molecule has 1 aromatic heterocycles. The zero-order valence-electron chi connectivity index (χ0n) is 12.3. The number of aryl methyl sites for hydroxylation is 2. The molecule has 0 unspecified atom stereocenters. The van der Waals surface area contributed by atoms with E-state index in [1.165, 1.54) is 0 Å². The molecule has 2 fully saturated rings. The number of rotatable bonds is 2. The molecule has 2 saturated heterocycles. The van der Waals surface area contributed by atoms with Crippen molar-refractivity contribution in [2.75, 3.05) is 26.7 Å². The lowest BCUT2D eigenvalue weighted by Gasteiger charge is -2.25. The van der Waals surface area contributed by atoms with E-state index < -0.39 is 0 Å². The summed E-state index contributed by atoms with van der Waals surface area (Å²) in [6, 6.07) is 0.158. The summed E-state index contributed by atoms with van der Waals surface area (Å²) in [7, 11) is 1.88. The number of amides is 1. The van der Waals surface area contributed by atoms with E-state index in [0.29, 0.717) is 13.0 Å². The normalized spacial score (nSPS) is 27.8. The summed E-state index contributed by atoms with van der Waals surface area (Å²) in [6.45, 7) is 6.94. The Morgan fingerprint density at radius 2 is 2.15 bits per heavy atom. The number of hydrogen-bond acceptors (Lipinski definition) is 5. The van der Waals surface area contributed by atoms with Crippen molar-refractivity contribution < 1.29 is 14.1 Å². The first-order valence-electron chi connectivity index (χ1n) is 7.07. The first-order chi connectivity index (χ1) is 9.56. The predicted octanol–water partition coefficient (Wildman–Crippen LogP) is 0.723. The lowest BCUT2D eigenvalue weighted by Crippen LogP contribution is -2.42. The highest BCUT2D eigenvalue weighted by atomic mass is 16.5. The summed E-state index contributed by atoms with van der Waals surface area (Å²) >= 11 is 0. The molecule has 6 nitrogen and oxygen atoms in total.